The van der Waals surface area contributed by atoms with E-state index in [1.54, 1.807) is 11.1 Å². The highest BCUT2D eigenvalue weighted by Gasteiger charge is 2.49. The predicted molar refractivity (Wildman–Crippen MR) is 82.9 cm³/mol. The van der Waals surface area contributed by atoms with E-state index in [1.165, 1.54) is 44.9 Å². The van der Waals surface area contributed by atoms with Gasteiger partial charge in [0.05, 0.1) is 0 Å². The zero-order chi connectivity index (χ0) is 12.2. The van der Waals surface area contributed by atoms with Crippen molar-refractivity contribution in [2.45, 2.75) is 57.8 Å². The average molecular weight is 277 g/mol. The van der Waals surface area contributed by atoms with Crippen LogP contribution in [0.15, 0.2) is 24.3 Å². The van der Waals surface area contributed by atoms with Gasteiger partial charge in [-0.3, -0.25) is 0 Å². The number of aryl methyl sites for hydroxylation is 1. The van der Waals surface area contributed by atoms with Crippen molar-refractivity contribution < 1.29 is 0 Å². The second-order valence-electron chi connectivity index (χ2n) is 7.20. The van der Waals surface area contributed by atoms with E-state index < -0.39 is 0 Å². The van der Waals surface area contributed by atoms with Crippen LogP contribution in [0.5, 0.6) is 0 Å². The Balaban J connectivity index is 0.00000110. The van der Waals surface area contributed by atoms with E-state index in [0.717, 1.165) is 17.8 Å². The molecule has 2 fully saturated rings. The first-order valence-corrected chi connectivity index (χ1v) is 7.86. The molecule has 4 atom stereocenters. The fourth-order valence-electron chi connectivity index (χ4n) is 5.51. The highest BCUT2D eigenvalue weighted by Crippen LogP contribution is 2.60. The molecule has 4 rings (SSSR count). The van der Waals surface area contributed by atoms with E-state index in [-0.39, 0.29) is 12.4 Å². The molecule has 0 N–H and O–H groups in total. The van der Waals surface area contributed by atoms with Crippen LogP contribution in [0.25, 0.3) is 0 Å². The maximum Gasteiger partial charge on any atom is -0.0128 e. The normalized spacial score (nSPS) is 39.7. The molecule has 0 aliphatic heterocycles. The van der Waals surface area contributed by atoms with Gasteiger partial charge in [0.25, 0.3) is 0 Å². The van der Waals surface area contributed by atoms with E-state index in [1.807, 2.05) is 0 Å². The van der Waals surface area contributed by atoms with Crippen molar-refractivity contribution >= 4 is 12.4 Å². The molecule has 3 aliphatic rings. The minimum atomic E-state index is 0. The van der Waals surface area contributed by atoms with Crippen LogP contribution in [-0.4, -0.2) is 0 Å². The van der Waals surface area contributed by atoms with Crippen molar-refractivity contribution in [2.75, 3.05) is 0 Å². The molecule has 3 aliphatic carbocycles. The van der Waals surface area contributed by atoms with Crippen LogP contribution in [0.2, 0.25) is 0 Å². The number of benzene rings is 1. The van der Waals surface area contributed by atoms with E-state index in [4.69, 9.17) is 0 Å². The van der Waals surface area contributed by atoms with Crippen molar-refractivity contribution in [3.8, 4) is 0 Å². The molecule has 0 aromatic heterocycles. The summed E-state index contributed by atoms with van der Waals surface area (Å²) in [5.41, 5.74) is 4.07. The third-order valence-corrected chi connectivity index (χ3v) is 6.42. The zero-order valence-corrected chi connectivity index (χ0v) is 12.7. The van der Waals surface area contributed by atoms with Gasteiger partial charge in [0, 0.05) is 0 Å². The van der Waals surface area contributed by atoms with Gasteiger partial charge in [-0.2, -0.15) is 0 Å². The Morgan fingerprint density at radius 2 is 1.89 bits per heavy atom. The number of fused-ring (bicyclic) bond motifs is 5. The summed E-state index contributed by atoms with van der Waals surface area (Å²) in [7, 11) is 0. The Kier molecular flexibility index (Phi) is 3.41. The van der Waals surface area contributed by atoms with Gasteiger partial charge in [0.15, 0.2) is 0 Å². The van der Waals surface area contributed by atoms with Crippen LogP contribution < -0.4 is 0 Å². The van der Waals surface area contributed by atoms with Gasteiger partial charge in [-0.1, -0.05) is 37.6 Å². The molecule has 0 bridgehead atoms. The van der Waals surface area contributed by atoms with Gasteiger partial charge in [0.1, 0.15) is 0 Å². The summed E-state index contributed by atoms with van der Waals surface area (Å²) in [5, 5.41) is 0. The van der Waals surface area contributed by atoms with Gasteiger partial charge in [0.2, 0.25) is 0 Å². The molecule has 104 valence electrons. The van der Waals surface area contributed by atoms with Crippen molar-refractivity contribution in [1.82, 2.24) is 0 Å². The zero-order valence-electron chi connectivity index (χ0n) is 11.9. The number of halogens is 1. The molecule has 0 radical (unpaired) electrons. The first-order chi connectivity index (χ1) is 8.78. The lowest BCUT2D eigenvalue weighted by Crippen LogP contribution is -2.39. The van der Waals surface area contributed by atoms with Gasteiger partial charge >= 0.3 is 0 Å². The van der Waals surface area contributed by atoms with E-state index >= 15 is 0 Å². The van der Waals surface area contributed by atoms with Gasteiger partial charge in [-0.05, 0) is 72.8 Å². The molecule has 0 amide bonds. The third kappa shape index (κ3) is 1.95. The second kappa shape index (κ2) is 4.81. The summed E-state index contributed by atoms with van der Waals surface area (Å²) < 4.78 is 0. The minimum absolute atomic E-state index is 0. The summed E-state index contributed by atoms with van der Waals surface area (Å²) in [5.74, 6) is 2.93. The fraction of sp³-hybridized carbons (Fsp3) is 0.667. The molecule has 0 saturated heterocycles. The van der Waals surface area contributed by atoms with Crippen molar-refractivity contribution in [3.63, 3.8) is 0 Å². The van der Waals surface area contributed by atoms with E-state index in [2.05, 4.69) is 31.2 Å². The second-order valence-corrected chi connectivity index (χ2v) is 7.20. The summed E-state index contributed by atoms with van der Waals surface area (Å²) in [4.78, 5) is 0. The number of rotatable bonds is 0. The molecular formula is C18H25Cl. The lowest BCUT2D eigenvalue weighted by Gasteiger charge is -2.49. The standard InChI is InChI=1S/C18H24.ClH/c1-18-11-4-7-17(18)16-9-8-13-5-2-3-6-14(13)15(16)10-12-18;/h2-3,5-6,15-17H,4,7-12H2,1H3;1H/t15-,16-,17+,18+;/m1./s1. The summed E-state index contributed by atoms with van der Waals surface area (Å²) in [6, 6.07) is 9.27. The first-order valence-electron chi connectivity index (χ1n) is 7.86. The number of hydrogen-bond acceptors (Lipinski definition) is 0. The topological polar surface area (TPSA) is 0 Å². The molecular weight excluding hydrogens is 252 g/mol. The van der Waals surface area contributed by atoms with Crippen LogP contribution in [0, 0.1) is 17.3 Å². The summed E-state index contributed by atoms with van der Waals surface area (Å²) in [6.07, 6.45) is 10.2. The van der Waals surface area contributed by atoms with Crippen molar-refractivity contribution in [2.24, 2.45) is 17.3 Å². The highest BCUT2D eigenvalue weighted by atomic mass is 35.5. The van der Waals surface area contributed by atoms with Crippen LogP contribution in [0.3, 0.4) is 0 Å². The molecule has 1 heteroatoms. The molecule has 0 spiro atoms. The van der Waals surface area contributed by atoms with E-state index in [9.17, 15) is 0 Å². The van der Waals surface area contributed by atoms with E-state index in [0.29, 0.717) is 5.41 Å². The third-order valence-electron chi connectivity index (χ3n) is 6.42. The lowest BCUT2D eigenvalue weighted by molar-refractivity contribution is 0.0598. The average Bonchev–Trinajstić information content (AvgIpc) is 2.80. The van der Waals surface area contributed by atoms with Gasteiger partial charge < -0.3 is 0 Å². The summed E-state index contributed by atoms with van der Waals surface area (Å²) in [6.45, 7) is 2.58. The van der Waals surface area contributed by atoms with Crippen LogP contribution in [0.4, 0.5) is 0 Å². The van der Waals surface area contributed by atoms with Crippen LogP contribution in [0.1, 0.15) is 62.5 Å². The van der Waals surface area contributed by atoms with Crippen molar-refractivity contribution in [1.29, 1.82) is 0 Å². The maximum atomic E-state index is 2.58. The lowest BCUT2D eigenvalue weighted by atomic mass is 9.56. The molecule has 1 aromatic rings. The minimum Gasteiger partial charge on any atom is -0.147 e. The van der Waals surface area contributed by atoms with Crippen molar-refractivity contribution in [3.05, 3.63) is 35.4 Å². The molecule has 19 heavy (non-hydrogen) atoms. The van der Waals surface area contributed by atoms with Gasteiger partial charge in [-0.15, -0.1) is 12.4 Å². The molecule has 0 heterocycles. The first kappa shape index (κ1) is 13.5. The Labute approximate surface area is 123 Å². The Morgan fingerprint density at radius 1 is 1.05 bits per heavy atom. The molecule has 1 aromatic carbocycles. The SMILES string of the molecule is C[C@@]12CCC[C@H]1[C@@H]1CCc3ccccc3[C@H]1CC2.Cl. The Morgan fingerprint density at radius 3 is 2.79 bits per heavy atom. The Bertz CT molecular complexity index is 467. The fourth-order valence-corrected chi connectivity index (χ4v) is 5.51. The van der Waals surface area contributed by atoms with Crippen LogP contribution >= 0.6 is 12.4 Å². The molecule has 2 saturated carbocycles. The molecule has 0 unspecified atom stereocenters. The highest BCUT2D eigenvalue weighted by molar-refractivity contribution is 5.85. The number of hydrogen-bond donors (Lipinski definition) is 0. The Hall–Kier alpha value is -0.490. The smallest absolute Gasteiger partial charge is 0.0128 e. The molecule has 0 nitrogen and oxygen atoms in total. The maximum absolute atomic E-state index is 2.58. The summed E-state index contributed by atoms with van der Waals surface area (Å²) >= 11 is 0. The monoisotopic (exact) mass is 276 g/mol. The van der Waals surface area contributed by atoms with Gasteiger partial charge in [-0.25, -0.2) is 0 Å². The largest absolute Gasteiger partial charge is 0.147 e. The quantitative estimate of drug-likeness (QED) is 0.599. The van der Waals surface area contributed by atoms with Crippen LogP contribution in [-0.2, 0) is 6.42 Å². The predicted octanol–water partition coefficient (Wildman–Crippen LogP) is 5.35.